The second kappa shape index (κ2) is 49.5. The standard InChI is InChI=1S/C53H105NO5/c1-3-5-7-9-11-13-15-16-17-18-19-20-21-24-27-31-35-39-43-47-53(58)59-48-44-40-36-32-28-25-22-23-26-30-34-38-42-46-52(57)54-50(49-55)51(56)45-41-37-33-29-14-12-10-8-6-4-2/h50-51,55-56H,3-49H2,1-2H3,(H,54,57). The Morgan fingerprint density at radius 3 is 1.03 bits per heavy atom. The van der Waals surface area contributed by atoms with Crippen LogP contribution in [0.5, 0.6) is 0 Å². The Balaban J connectivity index is 3.38. The lowest BCUT2D eigenvalue weighted by atomic mass is 10.0. The van der Waals surface area contributed by atoms with Crippen LogP contribution in [0.1, 0.15) is 303 Å². The SMILES string of the molecule is CCCCCCCCCCCCCCCCCCCCCC(=O)OCCCCCCCCCCCCCCCC(=O)NC(CO)C(O)CCCCCCCCCCCC. The van der Waals surface area contributed by atoms with E-state index < -0.39 is 12.1 Å². The Bertz CT molecular complexity index is 837. The third-order valence-corrected chi connectivity index (χ3v) is 12.7. The number of rotatable bonds is 50. The van der Waals surface area contributed by atoms with Crippen molar-refractivity contribution < 1.29 is 24.5 Å². The average molecular weight is 836 g/mol. The number of carbonyl (C=O) groups excluding carboxylic acids is 2. The Morgan fingerprint density at radius 2 is 0.695 bits per heavy atom. The lowest BCUT2D eigenvalue weighted by Crippen LogP contribution is -2.45. The Hall–Kier alpha value is -1.14. The van der Waals surface area contributed by atoms with Gasteiger partial charge >= 0.3 is 5.97 Å². The molecule has 0 rings (SSSR count). The highest BCUT2D eigenvalue weighted by atomic mass is 16.5. The van der Waals surface area contributed by atoms with Crippen molar-refractivity contribution in [2.24, 2.45) is 0 Å². The zero-order chi connectivity index (χ0) is 43.0. The first-order valence-electron chi connectivity index (χ1n) is 26.8. The summed E-state index contributed by atoms with van der Waals surface area (Å²) in [6, 6.07) is -0.548. The van der Waals surface area contributed by atoms with Crippen LogP contribution < -0.4 is 5.32 Å². The summed E-state index contributed by atoms with van der Waals surface area (Å²) < 4.78 is 5.48. The molecule has 6 nitrogen and oxygen atoms in total. The van der Waals surface area contributed by atoms with Gasteiger partial charge < -0.3 is 20.3 Å². The summed E-state index contributed by atoms with van der Waals surface area (Å²) in [5, 5.41) is 23.1. The number of hydrogen-bond acceptors (Lipinski definition) is 5. The average Bonchev–Trinajstić information content (AvgIpc) is 3.24. The minimum absolute atomic E-state index is 0.000354. The molecule has 0 aliphatic rings. The molecule has 3 N–H and O–H groups in total. The lowest BCUT2D eigenvalue weighted by molar-refractivity contribution is -0.143. The molecule has 0 aromatic heterocycles. The van der Waals surface area contributed by atoms with Crippen LogP contribution in [0.25, 0.3) is 0 Å². The number of unbranched alkanes of at least 4 members (excludes halogenated alkanes) is 39. The Morgan fingerprint density at radius 1 is 0.407 bits per heavy atom. The third-order valence-electron chi connectivity index (χ3n) is 12.7. The largest absolute Gasteiger partial charge is 0.466 e. The molecule has 6 heteroatoms. The van der Waals surface area contributed by atoms with Crippen molar-refractivity contribution in [3.63, 3.8) is 0 Å². The molecule has 0 aliphatic heterocycles. The summed E-state index contributed by atoms with van der Waals surface area (Å²) in [7, 11) is 0. The molecule has 0 bridgehead atoms. The van der Waals surface area contributed by atoms with Crippen LogP contribution in [0.15, 0.2) is 0 Å². The minimum Gasteiger partial charge on any atom is -0.466 e. The molecule has 2 unspecified atom stereocenters. The number of amides is 1. The number of esters is 1. The molecular weight excluding hydrogens is 731 g/mol. The number of nitrogens with one attached hydrogen (secondary N) is 1. The van der Waals surface area contributed by atoms with Crippen LogP contribution in [0.3, 0.4) is 0 Å². The van der Waals surface area contributed by atoms with Gasteiger partial charge in [0.25, 0.3) is 0 Å². The quantitative estimate of drug-likeness (QED) is 0.0419. The number of carbonyl (C=O) groups is 2. The molecule has 0 aliphatic carbocycles. The van der Waals surface area contributed by atoms with E-state index in [-0.39, 0.29) is 18.5 Å². The summed E-state index contributed by atoms with van der Waals surface area (Å²) in [6.45, 7) is 4.93. The maximum Gasteiger partial charge on any atom is 0.305 e. The minimum atomic E-state index is -0.669. The van der Waals surface area contributed by atoms with Gasteiger partial charge in [-0.15, -0.1) is 0 Å². The third kappa shape index (κ3) is 46.2. The van der Waals surface area contributed by atoms with Gasteiger partial charge in [0, 0.05) is 12.8 Å². The van der Waals surface area contributed by atoms with Gasteiger partial charge in [-0.05, 0) is 25.7 Å². The van der Waals surface area contributed by atoms with Gasteiger partial charge in [-0.3, -0.25) is 9.59 Å². The zero-order valence-electron chi connectivity index (χ0n) is 40.0. The fraction of sp³-hybridized carbons (Fsp3) is 0.962. The van der Waals surface area contributed by atoms with Crippen LogP contribution >= 0.6 is 0 Å². The van der Waals surface area contributed by atoms with Crippen LogP contribution in [0, 0.1) is 0 Å². The fourth-order valence-electron chi connectivity index (χ4n) is 8.52. The number of aliphatic hydroxyl groups is 2. The summed E-state index contributed by atoms with van der Waals surface area (Å²) in [6.07, 6.45) is 55.1. The first-order valence-corrected chi connectivity index (χ1v) is 26.8. The van der Waals surface area contributed by atoms with Crippen LogP contribution in [-0.4, -0.2) is 47.4 Å². The molecule has 0 spiro atoms. The van der Waals surface area contributed by atoms with Crippen molar-refractivity contribution in [1.29, 1.82) is 0 Å². The molecule has 352 valence electrons. The van der Waals surface area contributed by atoms with Gasteiger partial charge in [0.15, 0.2) is 0 Å². The number of hydrogen-bond donors (Lipinski definition) is 3. The van der Waals surface area contributed by atoms with Gasteiger partial charge in [0.05, 0.1) is 25.4 Å². The van der Waals surface area contributed by atoms with Crippen LogP contribution in [-0.2, 0) is 14.3 Å². The Kier molecular flexibility index (Phi) is 48.6. The second-order valence-corrected chi connectivity index (χ2v) is 18.6. The molecule has 0 heterocycles. The normalized spacial score (nSPS) is 12.5. The van der Waals surface area contributed by atoms with E-state index in [2.05, 4.69) is 19.2 Å². The van der Waals surface area contributed by atoms with E-state index in [1.165, 1.54) is 218 Å². The summed E-state index contributed by atoms with van der Waals surface area (Å²) >= 11 is 0. The maximum absolute atomic E-state index is 12.4. The summed E-state index contributed by atoms with van der Waals surface area (Å²) in [5.41, 5.74) is 0. The van der Waals surface area contributed by atoms with E-state index in [4.69, 9.17) is 4.74 Å². The fourth-order valence-corrected chi connectivity index (χ4v) is 8.52. The van der Waals surface area contributed by atoms with Crippen molar-refractivity contribution in [1.82, 2.24) is 5.32 Å². The highest BCUT2D eigenvalue weighted by molar-refractivity contribution is 5.76. The first-order chi connectivity index (χ1) is 29.0. The van der Waals surface area contributed by atoms with Crippen molar-refractivity contribution >= 4 is 11.9 Å². The molecule has 0 aromatic rings. The van der Waals surface area contributed by atoms with E-state index >= 15 is 0 Å². The predicted molar refractivity (Wildman–Crippen MR) is 255 cm³/mol. The molecule has 0 aromatic carbocycles. The maximum atomic E-state index is 12.4. The molecule has 0 fully saturated rings. The monoisotopic (exact) mass is 836 g/mol. The van der Waals surface area contributed by atoms with Crippen LogP contribution in [0.2, 0.25) is 0 Å². The van der Waals surface area contributed by atoms with Gasteiger partial charge in [-0.2, -0.15) is 0 Å². The van der Waals surface area contributed by atoms with E-state index in [1.807, 2.05) is 0 Å². The number of aliphatic hydroxyl groups excluding tert-OH is 2. The molecule has 0 radical (unpaired) electrons. The molecular formula is C53H105NO5. The predicted octanol–water partition coefficient (Wildman–Crippen LogP) is 16.0. The number of ether oxygens (including phenoxy) is 1. The smallest absolute Gasteiger partial charge is 0.305 e. The molecule has 0 saturated carbocycles. The first kappa shape index (κ1) is 57.9. The molecule has 1 amide bonds. The van der Waals surface area contributed by atoms with E-state index in [0.717, 1.165) is 51.4 Å². The van der Waals surface area contributed by atoms with Gasteiger partial charge in [0.1, 0.15) is 0 Å². The lowest BCUT2D eigenvalue weighted by Gasteiger charge is -2.22. The van der Waals surface area contributed by atoms with Gasteiger partial charge in [-0.1, -0.05) is 264 Å². The second-order valence-electron chi connectivity index (χ2n) is 18.6. The summed E-state index contributed by atoms with van der Waals surface area (Å²) in [5.74, 6) is -0.0482. The summed E-state index contributed by atoms with van der Waals surface area (Å²) in [4.78, 5) is 24.5. The van der Waals surface area contributed by atoms with Crippen molar-refractivity contribution in [2.45, 2.75) is 315 Å². The molecule has 59 heavy (non-hydrogen) atoms. The Labute approximate surface area is 368 Å². The van der Waals surface area contributed by atoms with E-state index in [0.29, 0.717) is 25.9 Å². The van der Waals surface area contributed by atoms with Crippen molar-refractivity contribution in [3.05, 3.63) is 0 Å². The zero-order valence-corrected chi connectivity index (χ0v) is 40.0. The highest BCUT2D eigenvalue weighted by Crippen LogP contribution is 2.17. The van der Waals surface area contributed by atoms with Gasteiger partial charge in [0.2, 0.25) is 5.91 Å². The molecule has 2 atom stereocenters. The van der Waals surface area contributed by atoms with Crippen LogP contribution in [0.4, 0.5) is 0 Å². The van der Waals surface area contributed by atoms with Crippen molar-refractivity contribution in [2.75, 3.05) is 13.2 Å². The topological polar surface area (TPSA) is 95.9 Å². The van der Waals surface area contributed by atoms with E-state index in [9.17, 15) is 19.8 Å². The van der Waals surface area contributed by atoms with Crippen molar-refractivity contribution in [3.8, 4) is 0 Å². The highest BCUT2D eigenvalue weighted by Gasteiger charge is 2.20. The van der Waals surface area contributed by atoms with E-state index in [1.54, 1.807) is 0 Å². The molecule has 0 saturated heterocycles. The van der Waals surface area contributed by atoms with Gasteiger partial charge in [-0.25, -0.2) is 0 Å².